The summed E-state index contributed by atoms with van der Waals surface area (Å²) in [7, 11) is 0. The average Bonchev–Trinajstić information content (AvgIpc) is 2.92. The first-order valence-corrected chi connectivity index (χ1v) is 7.80. The molecule has 1 aliphatic rings. The Balaban J connectivity index is 1.83. The standard InChI is InChI=1S/C16H16FN3OS/c1-11-2-3-13(10-15(11)17)20-9-8-19(16(20)21)12-4-6-14(22-18)7-5-12/h2-7,10H,8-9,18H2,1H3. The lowest BCUT2D eigenvalue weighted by atomic mass is 10.2. The maximum atomic E-state index is 13.7. The largest absolute Gasteiger partial charge is 0.329 e. The Labute approximate surface area is 132 Å². The summed E-state index contributed by atoms with van der Waals surface area (Å²) in [6.45, 7) is 2.81. The van der Waals surface area contributed by atoms with Gasteiger partial charge in [0.25, 0.3) is 0 Å². The van der Waals surface area contributed by atoms with Crippen LogP contribution in [0.4, 0.5) is 20.6 Å². The normalized spacial score (nSPS) is 14.8. The van der Waals surface area contributed by atoms with E-state index in [9.17, 15) is 9.18 Å². The molecule has 2 N–H and O–H groups in total. The van der Waals surface area contributed by atoms with Crippen LogP contribution in [0, 0.1) is 12.7 Å². The second-order valence-electron chi connectivity index (χ2n) is 5.13. The molecule has 1 heterocycles. The highest BCUT2D eigenvalue weighted by Crippen LogP contribution is 2.27. The van der Waals surface area contributed by atoms with Gasteiger partial charge in [-0.25, -0.2) is 9.18 Å². The summed E-state index contributed by atoms with van der Waals surface area (Å²) in [6.07, 6.45) is 0. The number of urea groups is 1. The summed E-state index contributed by atoms with van der Waals surface area (Å²) in [6, 6.07) is 12.2. The molecule has 2 amide bonds. The first-order chi connectivity index (χ1) is 10.6. The van der Waals surface area contributed by atoms with Crippen molar-refractivity contribution in [3.63, 3.8) is 0 Å². The van der Waals surface area contributed by atoms with Gasteiger partial charge < -0.3 is 0 Å². The van der Waals surface area contributed by atoms with Crippen molar-refractivity contribution >= 4 is 29.4 Å². The van der Waals surface area contributed by atoms with Crippen molar-refractivity contribution in [2.24, 2.45) is 5.14 Å². The Kier molecular flexibility index (Phi) is 4.04. The van der Waals surface area contributed by atoms with Crippen LogP contribution < -0.4 is 14.9 Å². The molecular formula is C16H16FN3OS. The number of benzene rings is 2. The molecule has 0 saturated carbocycles. The van der Waals surface area contributed by atoms with E-state index in [0.717, 1.165) is 10.6 Å². The van der Waals surface area contributed by atoms with Gasteiger partial charge in [0, 0.05) is 29.4 Å². The van der Waals surface area contributed by atoms with Crippen molar-refractivity contribution in [3.05, 3.63) is 53.8 Å². The molecule has 2 aromatic rings. The summed E-state index contributed by atoms with van der Waals surface area (Å²) < 4.78 is 13.7. The van der Waals surface area contributed by atoms with Crippen molar-refractivity contribution < 1.29 is 9.18 Å². The van der Waals surface area contributed by atoms with E-state index >= 15 is 0 Å². The molecule has 114 valence electrons. The van der Waals surface area contributed by atoms with E-state index in [1.54, 1.807) is 28.9 Å². The lowest BCUT2D eigenvalue weighted by Gasteiger charge is -2.19. The number of nitrogens with zero attached hydrogens (tertiary/aromatic N) is 2. The second-order valence-corrected chi connectivity index (χ2v) is 5.84. The highest BCUT2D eigenvalue weighted by atomic mass is 32.2. The van der Waals surface area contributed by atoms with Gasteiger partial charge in [0.2, 0.25) is 0 Å². The van der Waals surface area contributed by atoms with Crippen LogP contribution in [-0.4, -0.2) is 19.1 Å². The molecule has 22 heavy (non-hydrogen) atoms. The third-order valence-corrected chi connectivity index (χ3v) is 4.30. The van der Waals surface area contributed by atoms with Crippen LogP contribution in [0.3, 0.4) is 0 Å². The number of nitrogens with two attached hydrogens (primary N) is 1. The topological polar surface area (TPSA) is 49.6 Å². The zero-order chi connectivity index (χ0) is 15.7. The summed E-state index contributed by atoms with van der Waals surface area (Å²) >= 11 is 1.17. The summed E-state index contributed by atoms with van der Waals surface area (Å²) in [5, 5.41) is 5.50. The van der Waals surface area contributed by atoms with Gasteiger partial charge in [0.05, 0.1) is 0 Å². The van der Waals surface area contributed by atoms with E-state index in [4.69, 9.17) is 5.14 Å². The Bertz CT molecular complexity index is 705. The van der Waals surface area contributed by atoms with Gasteiger partial charge in [0.15, 0.2) is 0 Å². The van der Waals surface area contributed by atoms with Crippen molar-refractivity contribution in [1.82, 2.24) is 0 Å². The minimum absolute atomic E-state index is 0.142. The summed E-state index contributed by atoms with van der Waals surface area (Å²) in [4.78, 5) is 16.8. The Morgan fingerprint density at radius 1 is 1.05 bits per heavy atom. The van der Waals surface area contributed by atoms with E-state index in [1.807, 2.05) is 24.3 Å². The predicted octanol–water partition coefficient (Wildman–Crippen LogP) is 3.55. The maximum absolute atomic E-state index is 13.7. The Morgan fingerprint density at radius 2 is 1.64 bits per heavy atom. The van der Waals surface area contributed by atoms with Crippen LogP contribution in [0.1, 0.15) is 5.56 Å². The number of carbonyl (C=O) groups is 1. The monoisotopic (exact) mass is 317 g/mol. The van der Waals surface area contributed by atoms with Crippen molar-refractivity contribution in [1.29, 1.82) is 0 Å². The molecule has 0 spiro atoms. The van der Waals surface area contributed by atoms with Crippen LogP contribution in [0.25, 0.3) is 0 Å². The molecule has 0 atom stereocenters. The van der Waals surface area contributed by atoms with E-state index < -0.39 is 0 Å². The van der Waals surface area contributed by atoms with Gasteiger partial charge in [-0.3, -0.25) is 14.9 Å². The number of amides is 2. The number of carbonyl (C=O) groups excluding carboxylic acids is 1. The fourth-order valence-electron chi connectivity index (χ4n) is 2.47. The first kappa shape index (κ1) is 14.9. The molecule has 0 aromatic heterocycles. The van der Waals surface area contributed by atoms with Gasteiger partial charge >= 0.3 is 6.03 Å². The van der Waals surface area contributed by atoms with Crippen molar-refractivity contribution in [3.8, 4) is 0 Å². The molecule has 6 heteroatoms. The number of halogens is 1. The number of aryl methyl sites for hydroxylation is 1. The van der Waals surface area contributed by atoms with Crippen molar-refractivity contribution in [2.75, 3.05) is 22.9 Å². The second kappa shape index (κ2) is 5.98. The molecule has 2 aromatic carbocycles. The first-order valence-electron chi connectivity index (χ1n) is 6.92. The van der Waals surface area contributed by atoms with Gasteiger partial charge in [-0.05, 0) is 60.8 Å². The predicted molar refractivity (Wildman–Crippen MR) is 87.7 cm³/mol. The SMILES string of the molecule is Cc1ccc(N2CCN(c3ccc(SN)cc3)C2=O)cc1F. The van der Waals surface area contributed by atoms with Gasteiger partial charge in [-0.2, -0.15) is 0 Å². The number of anilines is 2. The molecule has 0 unspecified atom stereocenters. The fourth-order valence-corrected chi connectivity index (χ4v) is 2.76. The lowest BCUT2D eigenvalue weighted by molar-refractivity contribution is 0.256. The van der Waals surface area contributed by atoms with E-state index in [-0.39, 0.29) is 11.8 Å². The third kappa shape index (κ3) is 2.67. The lowest BCUT2D eigenvalue weighted by Crippen LogP contribution is -2.31. The molecule has 0 radical (unpaired) electrons. The highest BCUT2D eigenvalue weighted by Gasteiger charge is 2.30. The average molecular weight is 317 g/mol. The van der Waals surface area contributed by atoms with Crippen LogP contribution in [-0.2, 0) is 0 Å². The maximum Gasteiger partial charge on any atom is 0.329 e. The van der Waals surface area contributed by atoms with Gasteiger partial charge in [-0.1, -0.05) is 6.07 Å². The molecule has 1 fully saturated rings. The molecule has 4 nitrogen and oxygen atoms in total. The molecular weight excluding hydrogens is 301 g/mol. The molecule has 0 aliphatic carbocycles. The molecule has 0 bridgehead atoms. The zero-order valence-electron chi connectivity index (χ0n) is 12.1. The molecule has 1 aliphatic heterocycles. The van der Waals surface area contributed by atoms with Crippen LogP contribution in [0.2, 0.25) is 0 Å². The molecule has 3 rings (SSSR count). The van der Waals surface area contributed by atoms with Crippen LogP contribution in [0.5, 0.6) is 0 Å². The van der Waals surface area contributed by atoms with E-state index in [1.165, 1.54) is 18.0 Å². The molecule has 1 saturated heterocycles. The number of hydrogen-bond acceptors (Lipinski definition) is 3. The zero-order valence-corrected chi connectivity index (χ0v) is 12.9. The highest BCUT2D eigenvalue weighted by molar-refractivity contribution is 7.97. The Morgan fingerprint density at radius 3 is 2.23 bits per heavy atom. The summed E-state index contributed by atoms with van der Waals surface area (Å²) in [5.41, 5.74) is 1.98. The number of hydrogen-bond donors (Lipinski definition) is 1. The van der Waals surface area contributed by atoms with Gasteiger partial charge in [-0.15, -0.1) is 0 Å². The van der Waals surface area contributed by atoms with Crippen LogP contribution >= 0.6 is 11.9 Å². The quantitative estimate of drug-likeness (QED) is 0.881. The third-order valence-electron chi connectivity index (χ3n) is 3.76. The summed E-state index contributed by atoms with van der Waals surface area (Å²) in [5.74, 6) is -0.298. The van der Waals surface area contributed by atoms with Crippen molar-refractivity contribution in [2.45, 2.75) is 11.8 Å². The minimum atomic E-state index is -0.298. The smallest absolute Gasteiger partial charge is 0.292 e. The van der Waals surface area contributed by atoms with E-state index in [2.05, 4.69) is 0 Å². The van der Waals surface area contributed by atoms with E-state index in [0.29, 0.717) is 24.3 Å². The Hall–Kier alpha value is -2.05. The van der Waals surface area contributed by atoms with Gasteiger partial charge in [0.1, 0.15) is 5.82 Å². The van der Waals surface area contributed by atoms with Crippen LogP contribution in [0.15, 0.2) is 47.4 Å². The minimum Gasteiger partial charge on any atom is -0.292 e. The fraction of sp³-hybridized carbons (Fsp3) is 0.188. The number of rotatable bonds is 3.